The minimum Gasteiger partial charge on any atom is -0.255 e. The highest BCUT2D eigenvalue weighted by Crippen LogP contribution is 2.45. The summed E-state index contributed by atoms with van der Waals surface area (Å²) in [6.45, 7) is 0. The highest BCUT2D eigenvalue weighted by atomic mass is 32.1. The largest absolute Gasteiger partial charge is 0.255 e. The van der Waals surface area contributed by atoms with Crippen molar-refractivity contribution in [3.05, 3.63) is 170 Å². The van der Waals surface area contributed by atoms with Crippen molar-refractivity contribution < 1.29 is 0 Å². The molecule has 5 aromatic carbocycles. The number of pyridine rings is 4. The lowest BCUT2D eigenvalue weighted by molar-refractivity contribution is 1.22. The molecule has 51 heavy (non-hydrogen) atoms. The summed E-state index contributed by atoms with van der Waals surface area (Å²) in [6.07, 6.45) is 3.60. The number of rotatable bonds is 5. The fraction of sp³-hybridized carbons (Fsp3) is 0. The quantitative estimate of drug-likeness (QED) is 0.183. The Morgan fingerprint density at radius 2 is 1.04 bits per heavy atom. The Morgan fingerprint density at radius 3 is 1.76 bits per heavy atom. The van der Waals surface area contributed by atoms with Gasteiger partial charge in [0.05, 0.1) is 38.7 Å². The van der Waals surface area contributed by atoms with Crippen LogP contribution in [0.4, 0.5) is 0 Å². The van der Waals surface area contributed by atoms with E-state index in [0.29, 0.717) is 0 Å². The molecule has 0 aliphatic heterocycles. The zero-order valence-electron chi connectivity index (χ0n) is 27.4. The first-order valence-electron chi connectivity index (χ1n) is 17.0. The highest BCUT2D eigenvalue weighted by Gasteiger charge is 2.18. The molecule has 0 aliphatic carbocycles. The maximum Gasteiger partial charge on any atom is 0.0900 e. The zero-order chi connectivity index (χ0) is 33.7. The third-order valence-corrected chi connectivity index (χ3v) is 10.8. The molecule has 0 unspecified atom stereocenters. The Bertz CT molecular complexity index is 2840. The molecular weight excluding hydrogens is 641 g/mol. The van der Waals surface area contributed by atoms with E-state index in [9.17, 15) is 0 Å². The van der Waals surface area contributed by atoms with Crippen LogP contribution >= 0.6 is 11.3 Å². The Hall–Kier alpha value is -6.56. The van der Waals surface area contributed by atoms with Gasteiger partial charge < -0.3 is 0 Å². The smallest absolute Gasteiger partial charge is 0.0900 e. The molecule has 0 saturated carbocycles. The maximum atomic E-state index is 5.37. The maximum absolute atomic E-state index is 5.37. The lowest BCUT2D eigenvalue weighted by Gasteiger charge is -2.12. The molecule has 0 aliphatic rings. The lowest BCUT2D eigenvalue weighted by Crippen LogP contribution is -1.94. The van der Waals surface area contributed by atoms with Gasteiger partial charge in [-0.05, 0) is 87.6 Å². The van der Waals surface area contributed by atoms with E-state index in [0.717, 1.165) is 56.2 Å². The van der Waals surface area contributed by atoms with Crippen molar-refractivity contribution in [3.63, 3.8) is 0 Å². The van der Waals surface area contributed by atoms with E-state index in [4.69, 9.17) is 9.97 Å². The molecule has 0 bridgehead atoms. The minimum atomic E-state index is 0.815. The lowest BCUT2D eigenvalue weighted by atomic mass is 9.96. The first-order chi connectivity index (χ1) is 25.3. The Kier molecular flexibility index (Phi) is 6.96. The predicted octanol–water partition coefficient (Wildman–Crippen LogP) is 12.3. The average Bonchev–Trinajstić information content (AvgIpc) is 3.61. The highest BCUT2D eigenvalue weighted by molar-refractivity contribution is 7.26. The summed E-state index contributed by atoms with van der Waals surface area (Å²) in [7, 11) is 0. The molecule has 0 N–H and O–H groups in total. The molecule has 0 fully saturated rings. The first kappa shape index (κ1) is 29.4. The molecule has 0 spiro atoms. The molecule has 10 aromatic rings. The van der Waals surface area contributed by atoms with Crippen LogP contribution in [-0.2, 0) is 0 Å². The van der Waals surface area contributed by atoms with E-state index >= 15 is 0 Å². The first-order valence-corrected chi connectivity index (χ1v) is 17.8. The molecule has 5 aromatic heterocycles. The molecule has 0 atom stereocenters. The molecular formula is C46H28N4S. The van der Waals surface area contributed by atoms with E-state index in [1.807, 2.05) is 47.7 Å². The van der Waals surface area contributed by atoms with E-state index in [2.05, 4.69) is 131 Å². The summed E-state index contributed by atoms with van der Waals surface area (Å²) in [6, 6.07) is 55.3. The number of benzene rings is 5. The molecule has 4 nitrogen and oxygen atoms in total. The van der Waals surface area contributed by atoms with Crippen molar-refractivity contribution in [2.75, 3.05) is 0 Å². The van der Waals surface area contributed by atoms with Crippen LogP contribution in [0.25, 0.3) is 98.1 Å². The van der Waals surface area contributed by atoms with Gasteiger partial charge in [-0.15, -0.1) is 11.3 Å². The van der Waals surface area contributed by atoms with Crippen LogP contribution in [0.2, 0.25) is 0 Å². The predicted molar refractivity (Wildman–Crippen MR) is 213 cm³/mol. The van der Waals surface area contributed by atoms with Gasteiger partial charge in [0, 0.05) is 38.8 Å². The van der Waals surface area contributed by atoms with Crippen LogP contribution in [0, 0.1) is 0 Å². The molecule has 238 valence electrons. The summed E-state index contributed by atoms with van der Waals surface area (Å²) in [5, 5.41) is 6.14. The van der Waals surface area contributed by atoms with Gasteiger partial charge in [-0.1, -0.05) is 103 Å². The van der Waals surface area contributed by atoms with Crippen molar-refractivity contribution in [1.82, 2.24) is 19.9 Å². The molecule has 5 heteroatoms. The number of fused-ring (bicyclic) bond motifs is 6. The van der Waals surface area contributed by atoms with E-state index < -0.39 is 0 Å². The molecule has 0 amide bonds. The summed E-state index contributed by atoms with van der Waals surface area (Å²) in [4.78, 5) is 19.5. The van der Waals surface area contributed by atoms with Gasteiger partial charge >= 0.3 is 0 Å². The standard InChI is InChI=1S/C46H28N4S/c1-2-12-34-31(10-1)11-9-14-35(34)45-46-44(36-13-3-4-17-43(36)51-46)37-26-32(22-23-38(37)50-45)29-18-20-30(21-19-29)33-27-41(39-15-5-7-24-47-39)49-42(28-33)40-16-6-8-25-48-40/h1-28H. The van der Waals surface area contributed by atoms with E-state index in [1.165, 1.54) is 41.9 Å². The second-order valence-corrected chi connectivity index (χ2v) is 13.7. The SMILES string of the molecule is c1ccc(-c2cc(-c3ccc(-c4ccc5nc(-c6cccc7ccccc67)c6sc7ccccc7c6c5c4)cc3)cc(-c3ccccn3)n2)nc1. The van der Waals surface area contributed by atoms with Crippen molar-refractivity contribution in [2.45, 2.75) is 0 Å². The second-order valence-electron chi connectivity index (χ2n) is 12.7. The Labute approximate surface area is 298 Å². The van der Waals surface area contributed by atoms with Crippen LogP contribution in [-0.4, -0.2) is 19.9 Å². The number of nitrogens with zero attached hydrogens (tertiary/aromatic N) is 4. The van der Waals surface area contributed by atoms with Gasteiger partial charge in [0.1, 0.15) is 0 Å². The summed E-state index contributed by atoms with van der Waals surface area (Å²) < 4.78 is 2.49. The summed E-state index contributed by atoms with van der Waals surface area (Å²) in [5.41, 5.74) is 11.0. The van der Waals surface area contributed by atoms with Gasteiger partial charge in [0.2, 0.25) is 0 Å². The van der Waals surface area contributed by atoms with Crippen LogP contribution in [0.3, 0.4) is 0 Å². The molecule has 10 rings (SSSR count). The summed E-state index contributed by atoms with van der Waals surface area (Å²) in [5.74, 6) is 0. The van der Waals surface area contributed by atoms with Gasteiger partial charge in [-0.2, -0.15) is 0 Å². The fourth-order valence-electron chi connectivity index (χ4n) is 7.12. The van der Waals surface area contributed by atoms with E-state index in [-0.39, 0.29) is 0 Å². The van der Waals surface area contributed by atoms with Gasteiger partial charge in [-0.3, -0.25) is 9.97 Å². The van der Waals surface area contributed by atoms with Gasteiger partial charge in [-0.25, -0.2) is 9.97 Å². The zero-order valence-corrected chi connectivity index (χ0v) is 28.2. The van der Waals surface area contributed by atoms with Crippen molar-refractivity contribution in [2.24, 2.45) is 0 Å². The third-order valence-electron chi connectivity index (χ3n) is 9.59. The molecule has 5 heterocycles. The second kappa shape index (κ2) is 12.1. The normalized spacial score (nSPS) is 11.5. The minimum absolute atomic E-state index is 0.815. The number of thiophene rings is 1. The number of aromatic nitrogens is 4. The van der Waals surface area contributed by atoms with Gasteiger partial charge in [0.25, 0.3) is 0 Å². The van der Waals surface area contributed by atoms with Crippen molar-refractivity contribution in [3.8, 4) is 56.3 Å². The summed E-state index contributed by atoms with van der Waals surface area (Å²) >= 11 is 1.83. The van der Waals surface area contributed by atoms with Crippen molar-refractivity contribution in [1.29, 1.82) is 0 Å². The molecule has 0 radical (unpaired) electrons. The Morgan fingerprint density at radius 1 is 0.412 bits per heavy atom. The Balaban J connectivity index is 1.10. The fourth-order valence-corrected chi connectivity index (χ4v) is 8.34. The van der Waals surface area contributed by atoms with Crippen LogP contribution in [0.5, 0.6) is 0 Å². The van der Waals surface area contributed by atoms with Crippen LogP contribution in [0.15, 0.2) is 170 Å². The van der Waals surface area contributed by atoms with Crippen molar-refractivity contribution >= 4 is 53.2 Å². The number of hydrogen-bond donors (Lipinski definition) is 0. The number of hydrogen-bond acceptors (Lipinski definition) is 5. The average molecular weight is 669 g/mol. The van der Waals surface area contributed by atoms with E-state index in [1.54, 1.807) is 12.4 Å². The van der Waals surface area contributed by atoms with Crippen LogP contribution < -0.4 is 0 Å². The third kappa shape index (κ3) is 5.14. The monoisotopic (exact) mass is 668 g/mol. The van der Waals surface area contributed by atoms with Crippen LogP contribution in [0.1, 0.15) is 0 Å². The molecule has 0 saturated heterocycles. The topological polar surface area (TPSA) is 51.6 Å². The van der Waals surface area contributed by atoms with Gasteiger partial charge in [0.15, 0.2) is 0 Å².